The van der Waals surface area contributed by atoms with Crippen LogP contribution in [0.1, 0.15) is 47.6 Å². The number of hydrogen-bond acceptors (Lipinski definition) is 11. The number of nitrogens with zero attached hydrogens (tertiary/aromatic N) is 13. The summed E-state index contributed by atoms with van der Waals surface area (Å²) < 4.78 is 7.67. The zero-order chi connectivity index (χ0) is 42.0. The number of hydrogen-bond donors (Lipinski definition) is 4. The van der Waals surface area contributed by atoms with Crippen molar-refractivity contribution in [2.24, 2.45) is 0 Å². The van der Waals surface area contributed by atoms with Gasteiger partial charge in [-0.15, -0.1) is 0 Å². The average molecular weight is 859 g/mol. The molecule has 61 heavy (non-hydrogen) atoms. The predicted octanol–water partition coefficient (Wildman–Crippen LogP) is 8.19. The molecule has 17 nitrogen and oxygen atoms in total. The van der Waals surface area contributed by atoms with E-state index >= 15 is 0 Å². The fourth-order valence-corrected chi connectivity index (χ4v) is 7.72. The van der Waals surface area contributed by atoms with Gasteiger partial charge in [-0.2, -0.15) is 20.4 Å². The van der Waals surface area contributed by atoms with Gasteiger partial charge in [-0.05, 0) is 77.4 Å². The molecule has 0 amide bonds. The molecular weight excluding hydrogens is 813 g/mol. The molecule has 9 aromatic rings. The Morgan fingerprint density at radius 2 is 1.18 bits per heavy atom. The Balaban J connectivity index is 0.000000156. The Hall–Kier alpha value is -6.56. The van der Waals surface area contributed by atoms with Gasteiger partial charge >= 0.3 is 0 Å². The number of aromatic amines is 2. The number of benzene rings is 1. The van der Waals surface area contributed by atoms with E-state index in [1.54, 1.807) is 23.0 Å². The van der Waals surface area contributed by atoms with Gasteiger partial charge in [0.25, 0.3) is 0 Å². The van der Waals surface area contributed by atoms with Crippen molar-refractivity contribution in [1.82, 2.24) is 73.6 Å². The smallest absolute Gasteiger partial charge is 0.215 e. The van der Waals surface area contributed by atoms with Gasteiger partial charge in [0.1, 0.15) is 11.3 Å². The molecule has 312 valence electrons. The van der Waals surface area contributed by atoms with Crippen LogP contribution >= 0.6 is 23.2 Å². The summed E-state index contributed by atoms with van der Waals surface area (Å²) in [7, 11) is 0. The van der Waals surface area contributed by atoms with Gasteiger partial charge in [0.15, 0.2) is 11.6 Å². The second kappa shape index (κ2) is 17.2. The number of fused-ring (bicyclic) bond motifs is 2. The van der Waals surface area contributed by atoms with Crippen LogP contribution in [-0.2, 0) is 13.1 Å². The van der Waals surface area contributed by atoms with Gasteiger partial charge in [-0.3, -0.25) is 28.4 Å². The molecule has 0 unspecified atom stereocenters. The van der Waals surface area contributed by atoms with E-state index in [1.165, 1.54) is 32.4 Å². The molecule has 0 saturated carbocycles. The zero-order valence-electron chi connectivity index (χ0n) is 34.2. The van der Waals surface area contributed by atoms with Crippen LogP contribution in [0, 0.1) is 27.7 Å². The zero-order valence-corrected chi connectivity index (χ0v) is 35.7. The maximum Gasteiger partial charge on any atom is 0.215 e. The molecule has 0 bridgehead atoms. The summed E-state index contributed by atoms with van der Waals surface area (Å²) in [6.07, 6.45) is 15.5. The quantitative estimate of drug-likeness (QED) is 0.0985. The number of anilines is 4. The molecular formula is C42H45Cl2N17. The Kier molecular flexibility index (Phi) is 11.2. The third-order valence-electron chi connectivity index (χ3n) is 10.3. The lowest BCUT2D eigenvalue weighted by atomic mass is 10.1. The van der Waals surface area contributed by atoms with Gasteiger partial charge in [-0.1, -0.05) is 29.6 Å². The van der Waals surface area contributed by atoms with Crippen LogP contribution in [0.2, 0.25) is 10.0 Å². The fraction of sp³-hybridized carbons (Fsp3) is 0.286. The number of piperidine rings is 1. The van der Waals surface area contributed by atoms with Crippen LogP contribution in [0.15, 0.2) is 79.6 Å². The topological polar surface area (TPSA) is 181 Å². The van der Waals surface area contributed by atoms with Crippen LogP contribution in [0.5, 0.6) is 0 Å². The van der Waals surface area contributed by atoms with Gasteiger partial charge in [0, 0.05) is 88.2 Å². The van der Waals surface area contributed by atoms with Crippen LogP contribution < -0.4 is 10.6 Å². The van der Waals surface area contributed by atoms with E-state index in [0.717, 1.165) is 81.1 Å². The SMILES string of the molecule is Cc1cn2c(Nc3cc(C)[nH]n3)nc(-c3cnn(CCN4CCCCC4)c3)cc2n1.Cc1cn2c(Nc3cc(C)[nH]n3)nc(-c3cnn(Cc4cc(Cl)ccc4Cl)c3)cc2n1. The highest BCUT2D eigenvalue weighted by atomic mass is 35.5. The number of rotatable bonds is 11. The van der Waals surface area contributed by atoms with Crippen molar-refractivity contribution in [2.45, 2.75) is 60.0 Å². The standard InChI is InChI=1S/C21H18Cl2N8.C21H27N9/c1-12-5-19(29-28-12)27-21-26-18(7-20-25-13(2)9-31(20)21)15-8-24-30(11-15)10-14-6-16(22)3-4-17(14)23;1-15-10-19(27-26-15)25-21-24-18(11-20-23-16(2)13-30(20)21)17-12-22-29(14-17)9-8-28-6-4-3-5-7-28/h3-9,11H,10H2,1-2H3,(H2,26,27,28,29);10-14H,3-9H2,1-2H3,(H2,24,25,26,27). The Bertz CT molecular complexity index is 2940. The number of aromatic nitrogens is 14. The molecule has 19 heteroatoms. The lowest BCUT2D eigenvalue weighted by molar-refractivity contribution is 0.218. The van der Waals surface area contributed by atoms with E-state index in [9.17, 15) is 0 Å². The number of halogens is 2. The normalized spacial score (nSPS) is 13.2. The number of aryl methyl sites for hydroxylation is 4. The van der Waals surface area contributed by atoms with E-state index in [4.69, 9.17) is 33.2 Å². The van der Waals surface area contributed by atoms with Crippen molar-refractivity contribution in [2.75, 3.05) is 30.3 Å². The van der Waals surface area contributed by atoms with E-state index < -0.39 is 0 Å². The summed E-state index contributed by atoms with van der Waals surface area (Å²) >= 11 is 12.4. The van der Waals surface area contributed by atoms with E-state index in [-0.39, 0.29) is 0 Å². The van der Waals surface area contributed by atoms with Crippen molar-refractivity contribution in [3.05, 3.63) is 118 Å². The van der Waals surface area contributed by atoms with Crippen molar-refractivity contribution < 1.29 is 0 Å². The third kappa shape index (κ3) is 9.28. The maximum absolute atomic E-state index is 6.30. The van der Waals surface area contributed by atoms with Crippen molar-refractivity contribution >= 4 is 58.0 Å². The highest BCUT2D eigenvalue weighted by Gasteiger charge is 2.16. The number of imidazole rings is 2. The second-order valence-corrected chi connectivity index (χ2v) is 16.2. The minimum atomic E-state index is 0.502. The van der Waals surface area contributed by atoms with Crippen LogP contribution in [-0.4, -0.2) is 93.2 Å². The van der Waals surface area contributed by atoms with Gasteiger partial charge in [0.2, 0.25) is 11.9 Å². The second-order valence-electron chi connectivity index (χ2n) is 15.3. The average Bonchev–Trinajstić information content (AvgIpc) is 4.11. The maximum atomic E-state index is 6.30. The Morgan fingerprint density at radius 3 is 1.74 bits per heavy atom. The molecule has 1 fully saturated rings. The van der Waals surface area contributed by atoms with E-state index in [0.29, 0.717) is 34.3 Å². The third-order valence-corrected chi connectivity index (χ3v) is 10.9. The molecule has 1 aromatic carbocycles. The summed E-state index contributed by atoms with van der Waals surface area (Å²) in [4.78, 5) is 21.4. The first-order chi connectivity index (χ1) is 29.6. The molecule has 1 aliphatic rings. The molecule has 0 radical (unpaired) electrons. The molecule has 1 aliphatic heterocycles. The van der Waals surface area contributed by atoms with Crippen LogP contribution in [0.25, 0.3) is 33.8 Å². The summed E-state index contributed by atoms with van der Waals surface area (Å²) in [5, 5.41) is 31.3. The molecule has 0 spiro atoms. The summed E-state index contributed by atoms with van der Waals surface area (Å²) in [6, 6.07) is 13.2. The monoisotopic (exact) mass is 857 g/mol. The first kappa shape index (κ1) is 39.9. The molecule has 10 rings (SSSR count). The molecule has 4 N–H and O–H groups in total. The molecule has 0 atom stereocenters. The fourth-order valence-electron chi connectivity index (χ4n) is 7.35. The summed E-state index contributed by atoms with van der Waals surface area (Å²) in [6.45, 7) is 12.7. The Labute approximate surface area is 361 Å². The first-order valence-electron chi connectivity index (χ1n) is 20.1. The van der Waals surface area contributed by atoms with E-state index in [2.05, 4.69) is 62.3 Å². The molecule has 9 heterocycles. The summed E-state index contributed by atoms with van der Waals surface area (Å²) in [5.41, 5.74) is 9.73. The highest BCUT2D eigenvalue weighted by molar-refractivity contribution is 6.33. The van der Waals surface area contributed by atoms with Crippen LogP contribution in [0.3, 0.4) is 0 Å². The van der Waals surface area contributed by atoms with Gasteiger partial charge in [0.05, 0.1) is 48.3 Å². The lowest BCUT2D eigenvalue weighted by Crippen LogP contribution is -2.32. The number of H-pyrrole nitrogens is 2. The number of likely N-dealkylation sites (tertiary alicyclic amines) is 1. The van der Waals surface area contributed by atoms with Crippen molar-refractivity contribution in [3.8, 4) is 22.5 Å². The van der Waals surface area contributed by atoms with Gasteiger partial charge in [-0.25, -0.2) is 19.9 Å². The van der Waals surface area contributed by atoms with Gasteiger partial charge < -0.3 is 15.5 Å². The van der Waals surface area contributed by atoms with Crippen LogP contribution in [0.4, 0.5) is 23.5 Å². The van der Waals surface area contributed by atoms with E-state index in [1.807, 2.05) is 96.3 Å². The minimum Gasteiger partial charge on any atom is -0.308 e. The summed E-state index contributed by atoms with van der Waals surface area (Å²) in [5.74, 6) is 2.70. The van der Waals surface area contributed by atoms with Crippen molar-refractivity contribution in [1.29, 1.82) is 0 Å². The minimum absolute atomic E-state index is 0.502. The molecule has 8 aromatic heterocycles. The Morgan fingerprint density at radius 1 is 0.623 bits per heavy atom. The first-order valence-corrected chi connectivity index (χ1v) is 20.9. The largest absolute Gasteiger partial charge is 0.308 e. The molecule has 1 saturated heterocycles. The van der Waals surface area contributed by atoms with Crippen molar-refractivity contribution in [3.63, 3.8) is 0 Å². The number of nitrogens with one attached hydrogen (secondary N) is 4. The lowest BCUT2D eigenvalue weighted by Gasteiger charge is -2.26. The predicted molar refractivity (Wildman–Crippen MR) is 237 cm³/mol. The molecule has 0 aliphatic carbocycles. The highest BCUT2D eigenvalue weighted by Crippen LogP contribution is 2.27.